The largest absolute Gasteiger partial charge is 0.484 e. The number of carboxylic acid groups (broad SMARTS) is 2. The number of rotatable bonds is 9. The number of nitriles is 1. The number of halogens is 2. The Labute approximate surface area is 183 Å². The molecule has 0 heterocycles. The van der Waals surface area contributed by atoms with Crippen LogP contribution < -0.4 is 10.1 Å². The molecule has 0 spiro atoms. The standard InChI is InChI=1S/C19H20ClFN2O2.C2H2O4/c1-24-10-9-23-8-7-18(14-5-3-2-4-6-14)25-19-12-16(20)17(21)11-15(19)13-22;3-1(4)2(5)6/h2-6,11-12,18,23H,7-10H2,1H3;(H,3,4)(H,5,6)/t18-;/m1./s1. The lowest BCUT2D eigenvalue weighted by Crippen LogP contribution is -2.23. The molecule has 0 aliphatic rings. The number of hydrogen-bond acceptors (Lipinski definition) is 6. The van der Waals surface area contributed by atoms with Crippen LogP contribution in [0, 0.1) is 17.1 Å². The van der Waals surface area contributed by atoms with Gasteiger partial charge in [0.25, 0.3) is 0 Å². The predicted molar refractivity (Wildman–Crippen MR) is 111 cm³/mol. The third-order valence-corrected chi connectivity index (χ3v) is 4.12. The minimum absolute atomic E-state index is 0.0703. The highest BCUT2D eigenvalue weighted by atomic mass is 35.5. The molecule has 8 nitrogen and oxygen atoms in total. The van der Waals surface area contributed by atoms with Crippen molar-refractivity contribution >= 4 is 23.5 Å². The van der Waals surface area contributed by atoms with E-state index in [-0.39, 0.29) is 22.4 Å². The molecule has 0 saturated heterocycles. The smallest absolute Gasteiger partial charge is 0.414 e. The van der Waals surface area contributed by atoms with Crippen LogP contribution in [0.15, 0.2) is 42.5 Å². The summed E-state index contributed by atoms with van der Waals surface area (Å²) in [6.07, 6.45) is 0.387. The van der Waals surface area contributed by atoms with Crippen molar-refractivity contribution in [2.24, 2.45) is 0 Å². The maximum absolute atomic E-state index is 13.6. The Bertz CT molecular complexity index is 893. The summed E-state index contributed by atoms with van der Waals surface area (Å²) in [6, 6.07) is 14.1. The van der Waals surface area contributed by atoms with Gasteiger partial charge in [-0.05, 0) is 18.2 Å². The third kappa shape index (κ3) is 9.44. The highest BCUT2D eigenvalue weighted by Gasteiger charge is 2.17. The molecule has 0 aromatic heterocycles. The second kappa shape index (κ2) is 13.9. The molecule has 0 aliphatic carbocycles. The molecular formula is C21H22ClFN2O6. The second-order valence-corrected chi connectivity index (χ2v) is 6.44. The molecule has 166 valence electrons. The average Bonchev–Trinajstić information content (AvgIpc) is 2.76. The van der Waals surface area contributed by atoms with Crippen LogP contribution in [0.3, 0.4) is 0 Å². The van der Waals surface area contributed by atoms with Crippen LogP contribution in [0.25, 0.3) is 0 Å². The molecule has 0 fully saturated rings. The first-order chi connectivity index (χ1) is 14.8. The maximum Gasteiger partial charge on any atom is 0.414 e. The number of ether oxygens (including phenoxy) is 2. The Morgan fingerprint density at radius 2 is 1.84 bits per heavy atom. The average molecular weight is 453 g/mol. The van der Waals surface area contributed by atoms with Gasteiger partial charge >= 0.3 is 11.9 Å². The molecule has 2 aromatic carbocycles. The van der Waals surface area contributed by atoms with E-state index in [9.17, 15) is 9.65 Å². The summed E-state index contributed by atoms with van der Waals surface area (Å²) in [6.45, 7) is 2.08. The quantitative estimate of drug-likeness (QED) is 0.390. The van der Waals surface area contributed by atoms with Crippen molar-refractivity contribution in [3.05, 3.63) is 64.4 Å². The van der Waals surface area contributed by atoms with E-state index < -0.39 is 17.8 Å². The minimum atomic E-state index is -1.82. The molecule has 3 N–H and O–H groups in total. The number of nitrogens with one attached hydrogen (secondary N) is 1. The fourth-order valence-electron chi connectivity index (χ4n) is 2.36. The fourth-order valence-corrected chi connectivity index (χ4v) is 2.51. The van der Waals surface area contributed by atoms with Crippen molar-refractivity contribution in [1.82, 2.24) is 5.32 Å². The van der Waals surface area contributed by atoms with Crippen molar-refractivity contribution < 1.29 is 33.7 Å². The number of aliphatic carboxylic acids is 2. The lowest BCUT2D eigenvalue weighted by Gasteiger charge is -2.21. The molecule has 2 rings (SSSR count). The normalized spacial score (nSPS) is 10.9. The van der Waals surface area contributed by atoms with Crippen molar-refractivity contribution in [3.8, 4) is 11.8 Å². The molecule has 1 atom stereocenters. The molecule has 2 aromatic rings. The Morgan fingerprint density at radius 3 is 2.39 bits per heavy atom. The Hall–Kier alpha value is -3.19. The van der Waals surface area contributed by atoms with E-state index in [1.807, 2.05) is 36.4 Å². The van der Waals surface area contributed by atoms with E-state index in [0.717, 1.165) is 18.2 Å². The summed E-state index contributed by atoms with van der Waals surface area (Å²) in [7, 11) is 1.65. The van der Waals surface area contributed by atoms with Crippen LogP contribution in [-0.2, 0) is 14.3 Å². The molecule has 10 heteroatoms. The van der Waals surface area contributed by atoms with Crippen molar-refractivity contribution in [1.29, 1.82) is 5.26 Å². The minimum Gasteiger partial charge on any atom is -0.484 e. The molecular weight excluding hydrogens is 431 g/mol. The van der Waals surface area contributed by atoms with E-state index in [1.54, 1.807) is 7.11 Å². The highest BCUT2D eigenvalue weighted by molar-refractivity contribution is 6.30. The Morgan fingerprint density at radius 1 is 1.19 bits per heavy atom. The van der Waals surface area contributed by atoms with Crippen molar-refractivity contribution in [3.63, 3.8) is 0 Å². The van der Waals surface area contributed by atoms with Gasteiger partial charge in [0.05, 0.1) is 17.2 Å². The highest BCUT2D eigenvalue weighted by Crippen LogP contribution is 2.31. The summed E-state index contributed by atoms with van der Waals surface area (Å²) in [5, 5.41) is 27.2. The van der Waals surface area contributed by atoms with Crippen LogP contribution in [0.2, 0.25) is 5.02 Å². The molecule has 0 unspecified atom stereocenters. The summed E-state index contributed by atoms with van der Waals surface area (Å²) >= 11 is 5.84. The summed E-state index contributed by atoms with van der Waals surface area (Å²) in [5.41, 5.74) is 1.09. The van der Waals surface area contributed by atoms with Crippen LogP contribution in [0.1, 0.15) is 23.7 Å². The molecule has 31 heavy (non-hydrogen) atoms. The molecule has 0 amide bonds. The molecule has 0 aliphatic heterocycles. The zero-order chi connectivity index (χ0) is 23.2. The van der Waals surface area contributed by atoms with Crippen LogP contribution >= 0.6 is 11.6 Å². The third-order valence-electron chi connectivity index (χ3n) is 3.83. The zero-order valence-corrected chi connectivity index (χ0v) is 17.4. The Balaban J connectivity index is 0.000000703. The van der Waals surface area contributed by atoms with Gasteiger partial charge < -0.3 is 25.0 Å². The van der Waals surface area contributed by atoms with Crippen LogP contribution in [0.4, 0.5) is 4.39 Å². The summed E-state index contributed by atoms with van der Waals surface area (Å²) in [5.74, 6) is -4.01. The lowest BCUT2D eigenvalue weighted by molar-refractivity contribution is -0.159. The van der Waals surface area contributed by atoms with E-state index in [4.69, 9.17) is 40.9 Å². The monoisotopic (exact) mass is 452 g/mol. The van der Waals surface area contributed by atoms with E-state index in [1.165, 1.54) is 6.07 Å². The van der Waals surface area contributed by atoms with E-state index in [2.05, 4.69) is 5.32 Å². The number of carboxylic acids is 2. The topological polar surface area (TPSA) is 129 Å². The van der Waals surface area contributed by atoms with E-state index >= 15 is 0 Å². The summed E-state index contributed by atoms with van der Waals surface area (Å²) in [4.78, 5) is 18.2. The summed E-state index contributed by atoms with van der Waals surface area (Å²) < 4.78 is 24.6. The first-order valence-corrected chi connectivity index (χ1v) is 9.44. The van der Waals surface area contributed by atoms with Gasteiger partial charge in [-0.1, -0.05) is 41.9 Å². The van der Waals surface area contributed by atoms with Gasteiger partial charge in [0, 0.05) is 26.1 Å². The number of benzene rings is 2. The maximum atomic E-state index is 13.6. The fraction of sp³-hybridized carbons (Fsp3) is 0.286. The first-order valence-electron chi connectivity index (χ1n) is 9.06. The van der Waals surface area contributed by atoms with Gasteiger partial charge in [-0.15, -0.1) is 0 Å². The van der Waals surface area contributed by atoms with E-state index in [0.29, 0.717) is 19.6 Å². The first kappa shape index (κ1) is 25.8. The molecule has 0 radical (unpaired) electrons. The second-order valence-electron chi connectivity index (χ2n) is 6.03. The van der Waals surface area contributed by atoms with Gasteiger partial charge in [0.2, 0.25) is 0 Å². The Kier molecular flexibility index (Phi) is 11.6. The van der Waals surface area contributed by atoms with Gasteiger partial charge in [0.15, 0.2) is 0 Å². The molecule has 0 saturated carbocycles. The predicted octanol–water partition coefficient (Wildman–Crippen LogP) is 3.25. The lowest BCUT2D eigenvalue weighted by atomic mass is 10.1. The van der Waals surface area contributed by atoms with Gasteiger partial charge in [-0.3, -0.25) is 0 Å². The van der Waals surface area contributed by atoms with Gasteiger partial charge in [-0.2, -0.15) is 5.26 Å². The van der Waals surface area contributed by atoms with Crippen molar-refractivity contribution in [2.45, 2.75) is 12.5 Å². The van der Waals surface area contributed by atoms with Crippen LogP contribution in [-0.4, -0.2) is 49.0 Å². The number of nitrogens with zero attached hydrogens (tertiary/aromatic N) is 1. The molecule has 0 bridgehead atoms. The number of carbonyl (C=O) groups is 2. The van der Waals surface area contributed by atoms with Gasteiger partial charge in [-0.25, -0.2) is 14.0 Å². The zero-order valence-electron chi connectivity index (χ0n) is 16.7. The van der Waals surface area contributed by atoms with Gasteiger partial charge in [0.1, 0.15) is 23.7 Å². The number of methoxy groups -OCH3 is 1. The van der Waals surface area contributed by atoms with Crippen molar-refractivity contribution in [2.75, 3.05) is 26.8 Å². The SMILES string of the molecule is COCCNCC[C@@H](Oc1cc(Cl)c(F)cc1C#N)c1ccccc1.O=C(O)C(=O)O. The number of hydrogen-bond donors (Lipinski definition) is 3. The van der Waals surface area contributed by atoms with Crippen LogP contribution in [0.5, 0.6) is 5.75 Å².